The lowest BCUT2D eigenvalue weighted by atomic mass is 10.0. The fourth-order valence-electron chi connectivity index (χ4n) is 2.64. The van der Waals surface area contributed by atoms with Crippen molar-refractivity contribution in [3.05, 3.63) is 53.6 Å². The molecule has 2 rings (SSSR count). The molecule has 3 nitrogen and oxygen atoms in total. The largest absolute Gasteiger partial charge is 0.327 e. The van der Waals surface area contributed by atoms with E-state index >= 15 is 0 Å². The molecule has 1 atom stereocenters. The molecule has 1 aromatic heterocycles. The van der Waals surface area contributed by atoms with E-state index in [-0.39, 0.29) is 11.9 Å². The summed E-state index contributed by atoms with van der Waals surface area (Å²) in [6.45, 7) is 4.33. The van der Waals surface area contributed by atoms with Gasteiger partial charge in [-0.25, -0.2) is 4.39 Å². The normalized spacial score (nSPS) is 12.8. The smallest absolute Gasteiger partial charge is 0.126 e. The maximum Gasteiger partial charge on any atom is 0.126 e. The van der Waals surface area contributed by atoms with Crippen molar-refractivity contribution < 1.29 is 4.39 Å². The average Bonchev–Trinajstić information content (AvgIpc) is 2.91. The summed E-state index contributed by atoms with van der Waals surface area (Å²) in [5.74, 6) is -0.185. The van der Waals surface area contributed by atoms with Crippen LogP contribution < -0.4 is 5.73 Å². The van der Waals surface area contributed by atoms with Gasteiger partial charge in [-0.2, -0.15) is 5.10 Å². The van der Waals surface area contributed by atoms with Crippen LogP contribution in [-0.4, -0.2) is 15.8 Å². The first-order chi connectivity index (χ1) is 10.1. The Morgan fingerprint density at radius 3 is 2.52 bits per heavy atom. The number of rotatable bonds is 7. The van der Waals surface area contributed by atoms with Crippen LogP contribution in [0.5, 0.6) is 0 Å². The number of benzene rings is 1. The summed E-state index contributed by atoms with van der Waals surface area (Å²) in [4.78, 5) is 0. The van der Waals surface area contributed by atoms with Gasteiger partial charge >= 0.3 is 0 Å². The Kier molecular flexibility index (Phi) is 5.51. The van der Waals surface area contributed by atoms with Gasteiger partial charge in [-0.1, -0.05) is 32.0 Å². The zero-order chi connectivity index (χ0) is 15.2. The predicted molar refractivity (Wildman–Crippen MR) is 83.6 cm³/mol. The van der Waals surface area contributed by atoms with Crippen molar-refractivity contribution in [1.29, 1.82) is 0 Å². The van der Waals surface area contributed by atoms with Crippen molar-refractivity contribution >= 4 is 0 Å². The summed E-state index contributed by atoms with van der Waals surface area (Å²) >= 11 is 0. The van der Waals surface area contributed by atoms with Crippen molar-refractivity contribution in [2.75, 3.05) is 0 Å². The topological polar surface area (TPSA) is 43.8 Å². The van der Waals surface area contributed by atoms with Crippen molar-refractivity contribution in [2.24, 2.45) is 5.73 Å². The molecule has 0 aliphatic carbocycles. The van der Waals surface area contributed by atoms with Crippen molar-refractivity contribution in [1.82, 2.24) is 9.78 Å². The number of hydrogen-bond acceptors (Lipinski definition) is 2. The quantitative estimate of drug-likeness (QED) is 0.848. The zero-order valence-corrected chi connectivity index (χ0v) is 12.8. The van der Waals surface area contributed by atoms with Crippen molar-refractivity contribution in [3.8, 4) is 0 Å². The van der Waals surface area contributed by atoms with Crippen molar-refractivity contribution in [2.45, 2.75) is 51.6 Å². The van der Waals surface area contributed by atoms with Crippen LogP contribution in [0, 0.1) is 5.82 Å². The van der Waals surface area contributed by atoms with Crippen LogP contribution in [0.15, 0.2) is 36.5 Å². The molecule has 0 saturated heterocycles. The Balaban J connectivity index is 1.97. The number of nitrogens with zero attached hydrogens (tertiary/aromatic N) is 2. The van der Waals surface area contributed by atoms with E-state index < -0.39 is 0 Å². The molecule has 1 heterocycles. The number of halogens is 1. The van der Waals surface area contributed by atoms with E-state index in [4.69, 9.17) is 5.73 Å². The van der Waals surface area contributed by atoms with E-state index in [1.807, 2.05) is 23.0 Å². The fraction of sp³-hybridized carbons (Fsp3) is 0.471. The zero-order valence-electron chi connectivity index (χ0n) is 12.8. The summed E-state index contributed by atoms with van der Waals surface area (Å²) in [5, 5.41) is 4.60. The van der Waals surface area contributed by atoms with E-state index in [1.165, 1.54) is 6.07 Å². The third kappa shape index (κ3) is 4.14. The molecule has 1 aromatic carbocycles. The summed E-state index contributed by atoms with van der Waals surface area (Å²) in [6, 6.07) is 9.14. The second-order valence-corrected chi connectivity index (χ2v) is 5.52. The molecule has 0 saturated carbocycles. The van der Waals surface area contributed by atoms with Gasteiger partial charge < -0.3 is 5.73 Å². The third-order valence-electron chi connectivity index (χ3n) is 3.89. The van der Waals surface area contributed by atoms with Crippen LogP contribution in [-0.2, 0) is 12.8 Å². The first-order valence-electron chi connectivity index (χ1n) is 7.67. The second kappa shape index (κ2) is 7.36. The highest BCUT2D eigenvalue weighted by Crippen LogP contribution is 2.16. The van der Waals surface area contributed by atoms with Crippen LogP contribution in [0.25, 0.3) is 0 Å². The third-order valence-corrected chi connectivity index (χ3v) is 3.89. The standard InChI is InChI=1S/C17H24FN3/c1-3-16(4-2)21-10-9-15(20-21)12-14(19)11-13-7-5-6-8-17(13)18/h5-10,14,16H,3-4,11-12,19H2,1-2H3. The van der Waals surface area contributed by atoms with E-state index in [9.17, 15) is 4.39 Å². The summed E-state index contributed by atoms with van der Waals surface area (Å²) in [5.41, 5.74) is 7.79. The molecule has 1 unspecified atom stereocenters. The molecule has 0 radical (unpaired) electrons. The molecule has 0 amide bonds. The lowest BCUT2D eigenvalue weighted by Crippen LogP contribution is -2.26. The van der Waals surface area contributed by atoms with Gasteiger partial charge in [-0.05, 0) is 37.0 Å². The molecule has 114 valence electrons. The predicted octanol–water partition coefficient (Wildman–Crippen LogP) is 3.50. The first kappa shape index (κ1) is 15.7. The number of aromatic nitrogens is 2. The number of hydrogen-bond donors (Lipinski definition) is 1. The highest BCUT2D eigenvalue weighted by molar-refractivity contribution is 5.19. The highest BCUT2D eigenvalue weighted by atomic mass is 19.1. The molecule has 0 aliphatic rings. The maximum absolute atomic E-state index is 13.6. The first-order valence-corrected chi connectivity index (χ1v) is 7.67. The Bertz CT molecular complexity index is 561. The Morgan fingerprint density at radius 2 is 1.86 bits per heavy atom. The average molecular weight is 289 g/mol. The van der Waals surface area contributed by atoms with Gasteiger partial charge in [0.25, 0.3) is 0 Å². The van der Waals surface area contributed by atoms with Gasteiger partial charge in [0.05, 0.1) is 11.7 Å². The SMILES string of the molecule is CCC(CC)n1ccc(CC(N)Cc2ccccc2F)n1. The minimum atomic E-state index is -0.185. The Hall–Kier alpha value is -1.68. The second-order valence-electron chi connectivity index (χ2n) is 5.52. The molecule has 0 aliphatic heterocycles. The van der Waals surface area contributed by atoms with E-state index in [0.29, 0.717) is 24.4 Å². The maximum atomic E-state index is 13.6. The molecule has 0 fully saturated rings. The monoisotopic (exact) mass is 289 g/mol. The summed E-state index contributed by atoms with van der Waals surface area (Å²) in [6.07, 6.45) is 5.35. The van der Waals surface area contributed by atoms with Crippen LogP contribution >= 0.6 is 0 Å². The molecule has 2 aromatic rings. The van der Waals surface area contributed by atoms with E-state index in [0.717, 1.165) is 18.5 Å². The summed E-state index contributed by atoms with van der Waals surface area (Å²) < 4.78 is 15.6. The summed E-state index contributed by atoms with van der Waals surface area (Å²) in [7, 11) is 0. The molecule has 2 N–H and O–H groups in total. The molecular weight excluding hydrogens is 265 g/mol. The van der Waals surface area contributed by atoms with Crippen LogP contribution in [0.1, 0.15) is 44.0 Å². The van der Waals surface area contributed by atoms with Gasteiger partial charge in [0, 0.05) is 18.7 Å². The van der Waals surface area contributed by atoms with Gasteiger partial charge in [0.2, 0.25) is 0 Å². The van der Waals surface area contributed by atoms with Crippen LogP contribution in [0.4, 0.5) is 4.39 Å². The Morgan fingerprint density at radius 1 is 1.14 bits per heavy atom. The number of nitrogens with two attached hydrogens (primary N) is 1. The molecule has 21 heavy (non-hydrogen) atoms. The lowest BCUT2D eigenvalue weighted by Gasteiger charge is -2.13. The van der Waals surface area contributed by atoms with Gasteiger partial charge in [0.15, 0.2) is 0 Å². The Labute approximate surface area is 126 Å². The highest BCUT2D eigenvalue weighted by Gasteiger charge is 2.12. The van der Waals surface area contributed by atoms with Crippen LogP contribution in [0.2, 0.25) is 0 Å². The van der Waals surface area contributed by atoms with Crippen LogP contribution in [0.3, 0.4) is 0 Å². The lowest BCUT2D eigenvalue weighted by molar-refractivity contribution is 0.424. The van der Waals surface area contributed by atoms with E-state index in [1.54, 1.807) is 12.1 Å². The van der Waals surface area contributed by atoms with Gasteiger partial charge in [-0.3, -0.25) is 4.68 Å². The molecular formula is C17H24FN3. The minimum Gasteiger partial charge on any atom is -0.327 e. The molecule has 0 spiro atoms. The molecule has 4 heteroatoms. The fourth-order valence-corrected chi connectivity index (χ4v) is 2.64. The van der Waals surface area contributed by atoms with Gasteiger partial charge in [0.1, 0.15) is 5.82 Å². The van der Waals surface area contributed by atoms with Crippen molar-refractivity contribution in [3.63, 3.8) is 0 Å². The molecule has 0 bridgehead atoms. The van der Waals surface area contributed by atoms with E-state index in [2.05, 4.69) is 18.9 Å². The minimum absolute atomic E-state index is 0.119. The van der Waals surface area contributed by atoms with Gasteiger partial charge in [-0.15, -0.1) is 0 Å².